The van der Waals surface area contributed by atoms with E-state index < -0.39 is 17.8 Å². The van der Waals surface area contributed by atoms with Gasteiger partial charge in [-0.2, -0.15) is 0 Å². The second-order valence-electron chi connectivity index (χ2n) is 3.89. The van der Waals surface area contributed by atoms with Crippen molar-refractivity contribution in [2.24, 2.45) is 11.5 Å². The minimum Gasteiger partial charge on any atom is -0.480 e. The zero-order valence-electron chi connectivity index (χ0n) is 9.94. The van der Waals surface area contributed by atoms with Gasteiger partial charge in [0.15, 0.2) is 6.10 Å². The number of hydrogen-bond acceptors (Lipinski definition) is 3. The van der Waals surface area contributed by atoms with Gasteiger partial charge in [-0.25, -0.2) is 4.39 Å². The fourth-order valence-electron chi connectivity index (χ4n) is 1.48. The van der Waals surface area contributed by atoms with E-state index in [1.165, 1.54) is 12.1 Å². The number of carbonyl (C=O) groups excluding carboxylic acids is 1. The number of primary amides is 1. The molecule has 0 saturated heterocycles. The number of ether oxygens (including phenoxy) is 1. The van der Waals surface area contributed by atoms with E-state index in [-0.39, 0.29) is 11.8 Å². The standard InChI is InChI=1S/C12H17FN2O2/c1-3-10(12(15)16)17-11-6-8(13)4-5-9(11)7(2)14/h4-7,10H,3,14H2,1-2H3,(H2,15,16)/t7-,10?/m1/s1. The van der Waals surface area contributed by atoms with Crippen molar-refractivity contribution in [1.29, 1.82) is 0 Å². The molecular weight excluding hydrogens is 223 g/mol. The molecule has 94 valence electrons. The molecule has 1 aromatic carbocycles. The lowest BCUT2D eigenvalue weighted by atomic mass is 10.1. The SMILES string of the molecule is CCC(Oc1cc(F)ccc1[C@@H](C)N)C(N)=O. The Morgan fingerprint density at radius 3 is 2.65 bits per heavy atom. The lowest BCUT2D eigenvalue weighted by Crippen LogP contribution is -2.33. The number of rotatable bonds is 5. The molecule has 4 nitrogen and oxygen atoms in total. The summed E-state index contributed by atoms with van der Waals surface area (Å²) in [6.45, 7) is 3.52. The Balaban J connectivity index is 3.02. The molecule has 2 atom stereocenters. The van der Waals surface area contributed by atoms with Gasteiger partial charge in [0.05, 0.1) is 0 Å². The number of hydrogen-bond donors (Lipinski definition) is 2. The summed E-state index contributed by atoms with van der Waals surface area (Å²) in [5.41, 5.74) is 11.6. The normalized spacial score (nSPS) is 14.1. The number of amides is 1. The van der Waals surface area contributed by atoms with Gasteiger partial charge in [0.1, 0.15) is 11.6 Å². The minimum atomic E-state index is -0.769. The van der Waals surface area contributed by atoms with Crippen LogP contribution in [-0.4, -0.2) is 12.0 Å². The van der Waals surface area contributed by atoms with Crippen molar-refractivity contribution in [3.63, 3.8) is 0 Å². The maximum Gasteiger partial charge on any atom is 0.258 e. The van der Waals surface area contributed by atoms with Gasteiger partial charge in [-0.15, -0.1) is 0 Å². The van der Waals surface area contributed by atoms with Crippen molar-refractivity contribution >= 4 is 5.91 Å². The minimum absolute atomic E-state index is 0.269. The van der Waals surface area contributed by atoms with Gasteiger partial charge < -0.3 is 16.2 Å². The molecule has 1 aromatic rings. The quantitative estimate of drug-likeness (QED) is 0.818. The highest BCUT2D eigenvalue weighted by Crippen LogP contribution is 2.26. The Kier molecular flexibility index (Phi) is 4.45. The van der Waals surface area contributed by atoms with Crippen molar-refractivity contribution in [3.8, 4) is 5.75 Å². The molecule has 5 heteroatoms. The maximum absolute atomic E-state index is 13.1. The highest BCUT2D eigenvalue weighted by Gasteiger charge is 2.18. The summed E-state index contributed by atoms with van der Waals surface area (Å²) in [5.74, 6) is -0.748. The summed E-state index contributed by atoms with van der Waals surface area (Å²) in [5, 5.41) is 0. The van der Waals surface area contributed by atoms with Crippen LogP contribution in [0.4, 0.5) is 4.39 Å². The molecule has 17 heavy (non-hydrogen) atoms. The van der Waals surface area contributed by atoms with Gasteiger partial charge in [-0.1, -0.05) is 13.0 Å². The van der Waals surface area contributed by atoms with Crippen molar-refractivity contribution in [1.82, 2.24) is 0 Å². The van der Waals surface area contributed by atoms with E-state index in [1.807, 2.05) is 0 Å². The molecule has 0 aromatic heterocycles. The first-order valence-electron chi connectivity index (χ1n) is 5.46. The van der Waals surface area contributed by atoms with Crippen LogP contribution in [0.5, 0.6) is 5.75 Å². The number of nitrogens with two attached hydrogens (primary N) is 2. The first-order chi connectivity index (χ1) is 7.95. The van der Waals surface area contributed by atoms with E-state index in [2.05, 4.69) is 0 Å². The third-order valence-corrected chi connectivity index (χ3v) is 2.42. The van der Waals surface area contributed by atoms with Gasteiger partial charge >= 0.3 is 0 Å². The Morgan fingerprint density at radius 1 is 1.53 bits per heavy atom. The fourth-order valence-corrected chi connectivity index (χ4v) is 1.48. The van der Waals surface area contributed by atoms with Crippen LogP contribution in [0.25, 0.3) is 0 Å². The second-order valence-corrected chi connectivity index (χ2v) is 3.89. The first-order valence-corrected chi connectivity index (χ1v) is 5.46. The Bertz CT molecular complexity index is 407. The smallest absolute Gasteiger partial charge is 0.258 e. The lowest BCUT2D eigenvalue weighted by Gasteiger charge is -2.18. The van der Waals surface area contributed by atoms with E-state index >= 15 is 0 Å². The van der Waals surface area contributed by atoms with Crippen LogP contribution >= 0.6 is 0 Å². The molecule has 0 bridgehead atoms. The van der Waals surface area contributed by atoms with Gasteiger partial charge in [-0.05, 0) is 19.4 Å². The third kappa shape index (κ3) is 3.42. The topological polar surface area (TPSA) is 78.3 Å². The molecule has 0 radical (unpaired) electrons. The van der Waals surface area contributed by atoms with E-state index in [0.717, 1.165) is 0 Å². The third-order valence-electron chi connectivity index (χ3n) is 2.42. The molecule has 1 unspecified atom stereocenters. The predicted molar refractivity (Wildman–Crippen MR) is 62.9 cm³/mol. The summed E-state index contributed by atoms with van der Waals surface area (Å²) >= 11 is 0. The largest absolute Gasteiger partial charge is 0.480 e. The molecule has 0 fully saturated rings. The Hall–Kier alpha value is -1.62. The summed E-state index contributed by atoms with van der Waals surface area (Å²) in [7, 11) is 0. The fraction of sp³-hybridized carbons (Fsp3) is 0.417. The first kappa shape index (κ1) is 13.4. The molecule has 0 spiro atoms. The molecule has 0 aliphatic rings. The van der Waals surface area contributed by atoms with E-state index in [0.29, 0.717) is 12.0 Å². The molecule has 4 N–H and O–H groups in total. The maximum atomic E-state index is 13.1. The average molecular weight is 240 g/mol. The van der Waals surface area contributed by atoms with E-state index in [4.69, 9.17) is 16.2 Å². The van der Waals surface area contributed by atoms with Crippen molar-refractivity contribution < 1.29 is 13.9 Å². The molecular formula is C12H17FN2O2. The van der Waals surface area contributed by atoms with E-state index in [9.17, 15) is 9.18 Å². The molecule has 1 amide bonds. The van der Waals surface area contributed by atoms with Crippen LogP contribution in [0.15, 0.2) is 18.2 Å². The summed E-state index contributed by atoms with van der Waals surface area (Å²) in [6, 6.07) is 3.75. The van der Waals surface area contributed by atoms with Crippen molar-refractivity contribution in [2.75, 3.05) is 0 Å². The van der Waals surface area contributed by atoms with Crippen LogP contribution < -0.4 is 16.2 Å². The number of halogens is 1. The van der Waals surface area contributed by atoms with Gasteiger partial charge in [-0.3, -0.25) is 4.79 Å². The Labute approximate surface area is 99.7 Å². The second kappa shape index (κ2) is 5.63. The van der Waals surface area contributed by atoms with Crippen molar-refractivity contribution in [2.45, 2.75) is 32.4 Å². The predicted octanol–water partition coefficient (Wildman–Crippen LogP) is 1.49. The monoisotopic (exact) mass is 240 g/mol. The molecule has 0 aliphatic carbocycles. The zero-order valence-corrected chi connectivity index (χ0v) is 9.94. The van der Waals surface area contributed by atoms with E-state index in [1.54, 1.807) is 19.9 Å². The highest BCUT2D eigenvalue weighted by molar-refractivity contribution is 5.79. The summed E-state index contributed by atoms with van der Waals surface area (Å²) in [6.07, 6.45) is -0.348. The lowest BCUT2D eigenvalue weighted by molar-refractivity contribution is -0.124. The van der Waals surface area contributed by atoms with Crippen LogP contribution in [0.1, 0.15) is 31.9 Å². The van der Waals surface area contributed by atoms with Gasteiger partial charge in [0.25, 0.3) is 5.91 Å². The van der Waals surface area contributed by atoms with Crippen LogP contribution in [0.3, 0.4) is 0 Å². The number of benzene rings is 1. The van der Waals surface area contributed by atoms with Crippen LogP contribution in [0.2, 0.25) is 0 Å². The van der Waals surface area contributed by atoms with Gasteiger partial charge in [0.2, 0.25) is 0 Å². The summed E-state index contributed by atoms with van der Waals surface area (Å²) in [4.78, 5) is 11.1. The number of carbonyl (C=O) groups is 1. The molecule has 0 aliphatic heterocycles. The van der Waals surface area contributed by atoms with Gasteiger partial charge in [0, 0.05) is 17.7 Å². The molecule has 0 heterocycles. The average Bonchev–Trinajstić information content (AvgIpc) is 2.25. The molecule has 1 rings (SSSR count). The van der Waals surface area contributed by atoms with Crippen LogP contribution in [0, 0.1) is 5.82 Å². The molecule has 0 saturated carbocycles. The van der Waals surface area contributed by atoms with Crippen LogP contribution in [-0.2, 0) is 4.79 Å². The summed E-state index contributed by atoms with van der Waals surface area (Å²) < 4.78 is 18.5. The zero-order chi connectivity index (χ0) is 13.0. The highest BCUT2D eigenvalue weighted by atomic mass is 19.1. The Morgan fingerprint density at radius 2 is 2.18 bits per heavy atom. The van der Waals surface area contributed by atoms with Crippen molar-refractivity contribution in [3.05, 3.63) is 29.6 Å².